The highest BCUT2D eigenvalue weighted by Crippen LogP contribution is 2.29. The number of hydrogen-bond donors (Lipinski definition) is 2. The molecular formula is C21H30N4OS. The van der Waals surface area contributed by atoms with Gasteiger partial charge in [-0.15, -0.1) is 0 Å². The van der Waals surface area contributed by atoms with E-state index >= 15 is 0 Å². The summed E-state index contributed by atoms with van der Waals surface area (Å²) in [7, 11) is 1.66. The lowest BCUT2D eigenvalue weighted by molar-refractivity contribution is 0.140. The Morgan fingerprint density at radius 2 is 2.04 bits per heavy atom. The molecule has 5 nitrogen and oxygen atoms in total. The quantitative estimate of drug-likeness (QED) is 0.580. The normalized spacial score (nSPS) is 20.4. The Kier molecular flexibility index (Phi) is 6.85. The Hall–Kier alpha value is -1.92. The molecule has 1 fully saturated rings. The number of nitrogens with zero attached hydrogens (tertiary/aromatic N) is 2. The molecule has 2 aromatic rings. The van der Waals surface area contributed by atoms with Gasteiger partial charge in [0.15, 0.2) is 5.11 Å². The van der Waals surface area contributed by atoms with Crippen molar-refractivity contribution in [1.82, 2.24) is 15.2 Å². The molecule has 2 unspecified atom stereocenters. The van der Waals surface area contributed by atoms with Crippen LogP contribution in [0.5, 0.6) is 5.75 Å². The third kappa shape index (κ3) is 5.30. The molecule has 1 aliphatic rings. The molecule has 1 aliphatic heterocycles. The van der Waals surface area contributed by atoms with E-state index in [4.69, 9.17) is 17.0 Å². The largest absolute Gasteiger partial charge is 0.494 e. The van der Waals surface area contributed by atoms with E-state index in [2.05, 4.69) is 34.4 Å². The van der Waals surface area contributed by atoms with Crippen LogP contribution in [0.2, 0.25) is 0 Å². The number of benzene rings is 1. The molecule has 1 aromatic heterocycles. The maximum Gasteiger partial charge on any atom is 0.170 e. The summed E-state index contributed by atoms with van der Waals surface area (Å²) in [6.45, 7) is 9.15. The fourth-order valence-electron chi connectivity index (χ4n) is 4.07. The average molecular weight is 387 g/mol. The SMILES string of the molecule is COc1ccc(NC(=S)NCCCN2CC(C)CC(C)C2)c2cccnc12. The molecule has 1 saturated heterocycles. The van der Waals surface area contributed by atoms with Gasteiger partial charge in [-0.1, -0.05) is 13.8 Å². The Morgan fingerprint density at radius 1 is 1.26 bits per heavy atom. The Balaban J connectivity index is 1.49. The van der Waals surface area contributed by atoms with Gasteiger partial charge in [0.05, 0.1) is 7.11 Å². The van der Waals surface area contributed by atoms with Crippen LogP contribution in [0.25, 0.3) is 10.9 Å². The van der Waals surface area contributed by atoms with Gasteiger partial charge in [-0.2, -0.15) is 0 Å². The van der Waals surface area contributed by atoms with E-state index in [1.165, 1.54) is 19.5 Å². The summed E-state index contributed by atoms with van der Waals surface area (Å²) in [6, 6.07) is 7.84. The van der Waals surface area contributed by atoms with E-state index in [-0.39, 0.29) is 0 Å². The van der Waals surface area contributed by atoms with Crippen LogP contribution in [0, 0.1) is 11.8 Å². The van der Waals surface area contributed by atoms with Crippen molar-refractivity contribution in [1.29, 1.82) is 0 Å². The standard InChI is InChI=1S/C21H30N4OS/c1-15-12-16(2)14-25(13-15)11-5-10-23-21(27)24-18-7-8-19(26-3)20-17(18)6-4-9-22-20/h4,6-9,15-16H,5,10-14H2,1-3H3,(H2,23,24,27). The molecule has 27 heavy (non-hydrogen) atoms. The molecule has 0 amide bonds. The first-order valence-electron chi connectivity index (χ1n) is 9.75. The van der Waals surface area contributed by atoms with Crippen LogP contribution in [-0.2, 0) is 0 Å². The summed E-state index contributed by atoms with van der Waals surface area (Å²) in [6.07, 6.45) is 4.22. The summed E-state index contributed by atoms with van der Waals surface area (Å²) in [4.78, 5) is 7.01. The summed E-state index contributed by atoms with van der Waals surface area (Å²) in [5, 5.41) is 8.27. The smallest absolute Gasteiger partial charge is 0.170 e. The Bertz CT molecular complexity index is 772. The van der Waals surface area contributed by atoms with Gasteiger partial charge in [-0.3, -0.25) is 4.98 Å². The number of fused-ring (bicyclic) bond motifs is 1. The first kappa shape index (κ1) is 19.8. The fraction of sp³-hybridized carbons (Fsp3) is 0.524. The highest BCUT2D eigenvalue weighted by molar-refractivity contribution is 7.80. The molecule has 1 aromatic carbocycles. The molecule has 146 valence electrons. The minimum Gasteiger partial charge on any atom is -0.494 e. The second-order valence-corrected chi connectivity index (χ2v) is 8.06. The van der Waals surface area contributed by atoms with Crippen LogP contribution >= 0.6 is 12.2 Å². The molecule has 0 saturated carbocycles. The molecule has 3 rings (SSSR count). The van der Waals surface area contributed by atoms with Crippen molar-refractivity contribution in [3.8, 4) is 5.75 Å². The number of rotatable bonds is 6. The van der Waals surface area contributed by atoms with E-state index in [9.17, 15) is 0 Å². The molecular weight excluding hydrogens is 356 g/mol. The number of anilines is 1. The number of nitrogens with one attached hydrogen (secondary N) is 2. The van der Waals surface area contributed by atoms with E-state index in [0.29, 0.717) is 5.11 Å². The number of piperidine rings is 1. The summed E-state index contributed by atoms with van der Waals surface area (Å²) in [5.74, 6) is 2.38. The molecule has 6 heteroatoms. The minimum atomic E-state index is 0.644. The number of pyridine rings is 1. The van der Waals surface area contributed by atoms with Crippen LogP contribution < -0.4 is 15.4 Å². The average Bonchev–Trinajstić information content (AvgIpc) is 2.65. The zero-order valence-electron chi connectivity index (χ0n) is 16.5. The van der Waals surface area contributed by atoms with Crippen molar-refractivity contribution in [2.24, 2.45) is 11.8 Å². The predicted octanol–water partition coefficient (Wildman–Crippen LogP) is 3.90. The lowest BCUT2D eigenvalue weighted by Crippen LogP contribution is -2.40. The molecule has 0 bridgehead atoms. The van der Waals surface area contributed by atoms with E-state index in [1.54, 1.807) is 13.3 Å². The second kappa shape index (κ2) is 9.33. The van der Waals surface area contributed by atoms with Crippen molar-refractivity contribution in [3.05, 3.63) is 30.5 Å². The van der Waals surface area contributed by atoms with Gasteiger partial charge in [-0.25, -0.2) is 0 Å². The monoisotopic (exact) mass is 386 g/mol. The number of ether oxygens (including phenoxy) is 1. The highest BCUT2D eigenvalue weighted by Gasteiger charge is 2.21. The number of methoxy groups -OCH3 is 1. The molecule has 0 aliphatic carbocycles. The number of aromatic nitrogens is 1. The predicted molar refractivity (Wildman–Crippen MR) is 117 cm³/mol. The van der Waals surface area contributed by atoms with Crippen LogP contribution in [0.3, 0.4) is 0 Å². The van der Waals surface area contributed by atoms with Crippen molar-refractivity contribution >= 4 is 33.9 Å². The van der Waals surface area contributed by atoms with E-state index in [0.717, 1.165) is 53.7 Å². The molecule has 0 spiro atoms. The van der Waals surface area contributed by atoms with Gasteiger partial charge in [0.25, 0.3) is 0 Å². The number of likely N-dealkylation sites (tertiary alicyclic amines) is 1. The van der Waals surface area contributed by atoms with Crippen LogP contribution in [0.1, 0.15) is 26.7 Å². The maximum absolute atomic E-state index is 5.48. The summed E-state index contributed by atoms with van der Waals surface area (Å²) >= 11 is 5.48. The first-order valence-corrected chi connectivity index (χ1v) is 10.2. The molecule has 2 atom stereocenters. The lowest BCUT2D eigenvalue weighted by atomic mass is 9.92. The summed E-state index contributed by atoms with van der Waals surface area (Å²) in [5.41, 5.74) is 1.77. The van der Waals surface area contributed by atoms with Gasteiger partial charge in [-0.05, 0) is 67.7 Å². The second-order valence-electron chi connectivity index (χ2n) is 7.66. The zero-order chi connectivity index (χ0) is 19.2. The van der Waals surface area contributed by atoms with Gasteiger partial charge < -0.3 is 20.3 Å². The Labute approximate surface area is 167 Å². The van der Waals surface area contributed by atoms with Crippen molar-refractivity contribution < 1.29 is 4.74 Å². The van der Waals surface area contributed by atoms with Gasteiger partial charge >= 0.3 is 0 Å². The third-order valence-corrected chi connectivity index (χ3v) is 5.33. The molecule has 2 N–H and O–H groups in total. The van der Waals surface area contributed by atoms with Crippen molar-refractivity contribution in [3.63, 3.8) is 0 Å². The van der Waals surface area contributed by atoms with Crippen LogP contribution in [-0.4, -0.2) is 48.3 Å². The van der Waals surface area contributed by atoms with Crippen LogP contribution in [0.4, 0.5) is 5.69 Å². The first-order chi connectivity index (χ1) is 13.1. The molecule has 0 radical (unpaired) electrons. The Morgan fingerprint density at radius 3 is 2.78 bits per heavy atom. The lowest BCUT2D eigenvalue weighted by Gasteiger charge is -2.35. The molecule has 2 heterocycles. The maximum atomic E-state index is 5.48. The van der Waals surface area contributed by atoms with Crippen molar-refractivity contribution in [2.75, 3.05) is 38.6 Å². The summed E-state index contributed by atoms with van der Waals surface area (Å²) < 4.78 is 5.40. The third-order valence-electron chi connectivity index (χ3n) is 5.08. The topological polar surface area (TPSA) is 49.4 Å². The van der Waals surface area contributed by atoms with Gasteiger partial charge in [0.2, 0.25) is 0 Å². The number of hydrogen-bond acceptors (Lipinski definition) is 4. The van der Waals surface area contributed by atoms with Crippen molar-refractivity contribution in [2.45, 2.75) is 26.7 Å². The van der Waals surface area contributed by atoms with Crippen LogP contribution in [0.15, 0.2) is 30.5 Å². The number of thiocarbonyl (C=S) groups is 1. The van der Waals surface area contributed by atoms with Gasteiger partial charge in [0, 0.05) is 36.9 Å². The fourth-order valence-corrected chi connectivity index (χ4v) is 4.28. The van der Waals surface area contributed by atoms with E-state index < -0.39 is 0 Å². The van der Waals surface area contributed by atoms with Gasteiger partial charge in [0.1, 0.15) is 11.3 Å². The van der Waals surface area contributed by atoms with E-state index in [1.807, 2.05) is 24.3 Å². The zero-order valence-corrected chi connectivity index (χ0v) is 17.3. The highest BCUT2D eigenvalue weighted by atomic mass is 32.1. The minimum absolute atomic E-state index is 0.644.